The minimum atomic E-state index is -2.84. The lowest BCUT2D eigenvalue weighted by Crippen LogP contribution is -2.30. The summed E-state index contributed by atoms with van der Waals surface area (Å²) in [5.41, 5.74) is 0. The van der Waals surface area contributed by atoms with Crippen molar-refractivity contribution < 1.29 is 8.42 Å². The lowest BCUT2D eigenvalue weighted by atomic mass is 9.89. The molecular weight excluding hydrogens is 210 g/mol. The van der Waals surface area contributed by atoms with Crippen molar-refractivity contribution in [2.75, 3.05) is 32.6 Å². The summed E-state index contributed by atoms with van der Waals surface area (Å²) in [5, 5.41) is 0. The van der Waals surface area contributed by atoms with E-state index in [4.69, 9.17) is 0 Å². The maximum atomic E-state index is 11.3. The number of hydrogen-bond acceptors (Lipinski definition) is 3. The summed E-state index contributed by atoms with van der Waals surface area (Å²) in [5.74, 6) is 1.11. The summed E-state index contributed by atoms with van der Waals surface area (Å²) in [6.07, 6.45) is 3.32. The topological polar surface area (TPSA) is 37.4 Å². The van der Waals surface area contributed by atoms with Crippen LogP contribution in [0.15, 0.2) is 0 Å². The molecule has 2 atom stereocenters. The highest BCUT2D eigenvalue weighted by atomic mass is 32.2. The Bertz CT molecular complexity index is 260. The van der Waals surface area contributed by atoms with E-state index in [1.54, 1.807) is 0 Å². The predicted octanol–water partition coefficient (Wildman–Crippen LogP) is 1.65. The number of rotatable bonds is 7. The molecule has 0 saturated heterocycles. The summed E-state index contributed by atoms with van der Waals surface area (Å²) in [6, 6.07) is 0. The van der Waals surface area contributed by atoms with Crippen molar-refractivity contribution in [2.45, 2.75) is 26.7 Å². The lowest BCUT2D eigenvalue weighted by molar-refractivity contribution is 0.248. The summed E-state index contributed by atoms with van der Waals surface area (Å²) in [7, 11) is 1.23. The zero-order chi connectivity index (χ0) is 12.1. The Labute approximate surface area is 94.8 Å². The standard InChI is InChI=1S/C11H25NO2S/c1-6-10(8-12(3)4)11(7-2)9-15(5,13)14/h10-11H,6-9H2,1-5H3. The highest BCUT2D eigenvalue weighted by Gasteiger charge is 2.22. The highest BCUT2D eigenvalue weighted by Crippen LogP contribution is 2.21. The third-order valence-electron chi connectivity index (χ3n) is 2.83. The number of sulfone groups is 1. The molecule has 0 saturated carbocycles. The van der Waals surface area contributed by atoms with Gasteiger partial charge in [-0.15, -0.1) is 0 Å². The van der Waals surface area contributed by atoms with Gasteiger partial charge in [0.05, 0.1) is 5.75 Å². The summed E-state index contributed by atoms with van der Waals surface area (Å²) >= 11 is 0. The van der Waals surface area contributed by atoms with Crippen molar-refractivity contribution in [1.82, 2.24) is 4.90 Å². The van der Waals surface area contributed by atoms with Gasteiger partial charge in [-0.25, -0.2) is 8.42 Å². The molecule has 0 aliphatic rings. The van der Waals surface area contributed by atoms with E-state index >= 15 is 0 Å². The van der Waals surface area contributed by atoms with Crippen LogP contribution in [0.4, 0.5) is 0 Å². The molecule has 0 aromatic carbocycles. The second-order valence-corrected chi connectivity index (χ2v) is 6.88. The smallest absolute Gasteiger partial charge is 0.147 e. The van der Waals surface area contributed by atoms with E-state index in [1.807, 2.05) is 14.1 Å². The molecule has 0 radical (unpaired) electrons. The molecule has 0 aliphatic heterocycles. The van der Waals surface area contributed by atoms with Gasteiger partial charge in [0, 0.05) is 12.8 Å². The van der Waals surface area contributed by atoms with Gasteiger partial charge in [0.2, 0.25) is 0 Å². The fraction of sp³-hybridized carbons (Fsp3) is 1.00. The van der Waals surface area contributed by atoms with Crippen molar-refractivity contribution in [3.05, 3.63) is 0 Å². The van der Waals surface area contributed by atoms with Crippen molar-refractivity contribution in [2.24, 2.45) is 11.8 Å². The molecule has 0 amide bonds. The second-order valence-electron chi connectivity index (χ2n) is 4.69. The van der Waals surface area contributed by atoms with Crippen LogP contribution >= 0.6 is 0 Å². The van der Waals surface area contributed by atoms with Gasteiger partial charge in [-0.1, -0.05) is 26.7 Å². The first kappa shape index (κ1) is 14.9. The Kier molecular flexibility index (Phi) is 6.44. The molecule has 0 heterocycles. The molecule has 15 heavy (non-hydrogen) atoms. The largest absolute Gasteiger partial charge is 0.309 e. The van der Waals surface area contributed by atoms with Crippen molar-refractivity contribution in [3.63, 3.8) is 0 Å². The van der Waals surface area contributed by atoms with Gasteiger partial charge in [0.1, 0.15) is 9.84 Å². The Balaban J connectivity index is 4.47. The molecule has 0 aromatic heterocycles. The molecule has 92 valence electrons. The molecule has 3 nitrogen and oxygen atoms in total. The zero-order valence-electron chi connectivity index (χ0n) is 10.7. The molecule has 0 fully saturated rings. The first-order valence-electron chi connectivity index (χ1n) is 5.62. The van der Waals surface area contributed by atoms with Crippen molar-refractivity contribution >= 4 is 9.84 Å². The minimum Gasteiger partial charge on any atom is -0.309 e. The molecule has 0 aliphatic carbocycles. The Morgan fingerprint density at radius 1 is 1.07 bits per heavy atom. The molecule has 0 N–H and O–H groups in total. The minimum absolute atomic E-state index is 0.299. The third-order valence-corrected chi connectivity index (χ3v) is 3.87. The van der Waals surface area contributed by atoms with Crippen molar-refractivity contribution in [1.29, 1.82) is 0 Å². The normalized spacial score (nSPS) is 16.7. The average molecular weight is 235 g/mol. The van der Waals surface area contributed by atoms with E-state index < -0.39 is 9.84 Å². The van der Waals surface area contributed by atoms with Gasteiger partial charge >= 0.3 is 0 Å². The van der Waals surface area contributed by atoms with E-state index in [1.165, 1.54) is 6.26 Å². The maximum Gasteiger partial charge on any atom is 0.147 e. The summed E-state index contributed by atoms with van der Waals surface area (Å²) in [4.78, 5) is 2.14. The fourth-order valence-corrected chi connectivity index (χ4v) is 3.34. The van der Waals surface area contributed by atoms with Crippen LogP contribution < -0.4 is 0 Å². The van der Waals surface area contributed by atoms with Crippen LogP contribution in [0.1, 0.15) is 26.7 Å². The van der Waals surface area contributed by atoms with E-state index in [9.17, 15) is 8.42 Å². The predicted molar refractivity (Wildman–Crippen MR) is 65.8 cm³/mol. The molecule has 0 aromatic rings. The van der Waals surface area contributed by atoms with Crippen LogP contribution in [0.25, 0.3) is 0 Å². The van der Waals surface area contributed by atoms with Crippen LogP contribution in [-0.2, 0) is 9.84 Å². The van der Waals surface area contributed by atoms with Crippen LogP contribution in [0.3, 0.4) is 0 Å². The van der Waals surface area contributed by atoms with Crippen LogP contribution in [0.2, 0.25) is 0 Å². The van der Waals surface area contributed by atoms with Crippen LogP contribution in [-0.4, -0.2) is 46.0 Å². The summed E-state index contributed by atoms with van der Waals surface area (Å²) in [6.45, 7) is 5.19. The molecule has 0 spiro atoms. The van der Waals surface area contributed by atoms with E-state index in [-0.39, 0.29) is 0 Å². The highest BCUT2D eigenvalue weighted by molar-refractivity contribution is 7.90. The first-order chi connectivity index (χ1) is 6.80. The SMILES string of the molecule is CCC(CN(C)C)C(CC)CS(C)(=O)=O. The van der Waals surface area contributed by atoms with Gasteiger partial charge in [0.15, 0.2) is 0 Å². The molecule has 4 heteroatoms. The molecule has 0 bridgehead atoms. The Morgan fingerprint density at radius 2 is 1.53 bits per heavy atom. The van der Waals surface area contributed by atoms with E-state index in [2.05, 4.69) is 18.7 Å². The quantitative estimate of drug-likeness (QED) is 0.673. The maximum absolute atomic E-state index is 11.3. The van der Waals surface area contributed by atoms with Gasteiger partial charge in [0.25, 0.3) is 0 Å². The van der Waals surface area contributed by atoms with Gasteiger partial charge in [-0.3, -0.25) is 0 Å². The monoisotopic (exact) mass is 235 g/mol. The average Bonchev–Trinajstić information content (AvgIpc) is 2.08. The Hall–Kier alpha value is -0.0900. The Morgan fingerprint density at radius 3 is 1.80 bits per heavy atom. The van der Waals surface area contributed by atoms with Gasteiger partial charge < -0.3 is 4.90 Å². The molecular formula is C11H25NO2S. The fourth-order valence-electron chi connectivity index (χ4n) is 2.06. The van der Waals surface area contributed by atoms with E-state index in [0.29, 0.717) is 17.6 Å². The zero-order valence-corrected chi connectivity index (χ0v) is 11.5. The molecule has 2 unspecified atom stereocenters. The summed E-state index contributed by atoms with van der Waals surface area (Å²) < 4.78 is 22.6. The van der Waals surface area contributed by atoms with Crippen molar-refractivity contribution in [3.8, 4) is 0 Å². The third kappa shape index (κ3) is 6.90. The van der Waals surface area contributed by atoms with Gasteiger partial charge in [-0.05, 0) is 25.9 Å². The van der Waals surface area contributed by atoms with Crippen LogP contribution in [0, 0.1) is 11.8 Å². The van der Waals surface area contributed by atoms with E-state index in [0.717, 1.165) is 19.4 Å². The molecule has 0 rings (SSSR count). The van der Waals surface area contributed by atoms with Gasteiger partial charge in [-0.2, -0.15) is 0 Å². The van der Waals surface area contributed by atoms with Crippen LogP contribution in [0.5, 0.6) is 0 Å². The lowest BCUT2D eigenvalue weighted by Gasteiger charge is -2.27. The number of hydrogen-bond donors (Lipinski definition) is 0. The second kappa shape index (κ2) is 6.48. The number of nitrogens with zero attached hydrogens (tertiary/aromatic N) is 1. The first-order valence-corrected chi connectivity index (χ1v) is 7.68.